The summed E-state index contributed by atoms with van der Waals surface area (Å²) in [5.41, 5.74) is 0. The first-order valence-electron chi connectivity index (χ1n) is 4.54. The van der Waals surface area contributed by atoms with E-state index in [4.69, 9.17) is 16.3 Å². The van der Waals surface area contributed by atoms with E-state index in [0.29, 0.717) is 17.4 Å². The van der Waals surface area contributed by atoms with Gasteiger partial charge in [-0.3, -0.25) is 0 Å². The lowest BCUT2D eigenvalue weighted by Crippen LogP contribution is -1.94. The zero-order valence-corrected chi connectivity index (χ0v) is 9.81. The minimum atomic E-state index is 0.474. The Labute approximate surface area is 97.5 Å². The van der Waals surface area contributed by atoms with Gasteiger partial charge in [0.2, 0.25) is 0 Å². The lowest BCUT2D eigenvalue weighted by molar-refractivity contribution is 0.306. The zero-order valence-electron chi connectivity index (χ0n) is 8.24. The van der Waals surface area contributed by atoms with E-state index in [0.717, 1.165) is 5.01 Å². The molecule has 0 amide bonds. The van der Waals surface area contributed by atoms with Crippen molar-refractivity contribution < 1.29 is 4.74 Å². The number of aromatic nitrogens is 1. The van der Waals surface area contributed by atoms with Crippen molar-refractivity contribution in [3.05, 3.63) is 45.4 Å². The van der Waals surface area contributed by atoms with Crippen molar-refractivity contribution in [3.63, 3.8) is 0 Å². The minimum Gasteiger partial charge on any atom is -0.485 e. The van der Waals surface area contributed by atoms with Gasteiger partial charge in [0.05, 0.1) is 5.02 Å². The molecule has 2 aromatic rings. The normalized spacial score (nSPS) is 10.3. The maximum Gasteiger partial charge on any atom is 0.140 e. The molecule has 0 bridgehead atoms. The molecule has 0 saturated heterocycles. The number of ether oxygens (including phenoxy) is 1. The first-order valence-corrected chi connectivity index (χ1v) is 5.74. The predicted octanol–water partition coefficient (Wildman–Crippen LogP) is 3.68. The summed E-state index contributed by atoms with van der Waals surface area (Å²) >= 11 is 7.59. The fourth-order valence-corrected chi connectivity index (χ4v) is 2.06. The SMILES string of the molecule is Cc1cnc(COc2ccccc2Cl)s1. The third kappa shape index (κ3) is 2.70. The lowest BCUT2D eigenvalue weighted by atomic mass is 10.3. The molecular weight excluding hydrogens is 230 g/mol. The van der Waals surface area contributed by atoms with Crippen molar-refractivity contribution in [2.75, 3.05) is 0 Å². The lowest BCUT2D eigenvalue weighted by Gasteiger charge is -2.04. The highest BCUT2D eigenvalue weighted by Gasteiger charge is 2.02. The van der Waals surface area contributed by atoms with Crippen LogP contribution in [0.15, 0.2) is 30.5 Å². The van der Waals surface area contributed by atoms with Gasteiger partial charge in [-0.2, -0.15) is 0 Å². The van der Waals surface area contributed by atoms with Gasteiger partial charge in [0.25, 0.3) is 0 Å². The van der Waals surface area contributed by atoms with Gasteiger partial charge in [0.1, 0.15) is 17.4 Å². The molecule has 0 N–H and O–H groups in total. The third-order valence-electron chi connectivity index (χ3n) is 1.86. The van der Waals surface area contributed by atoms with E-state index in [9.17, 15) is 0 Å². The van der Waals surface area contributed by atoms with Gasteiger partial charge in [-0.15, -0.1) is 11.3 Å². The molecule has 0 spiro atoms. The molecule has 2 nitrogen and oxygen atoms in total. The Morgan fingerprint density at radius 3 is 2.87 bits per heavy atom. The van der Waals surface area contributed by atoms with Crippen LogP contribution in [0.4, 0.5) is 0 Å². The second-order valence-electron chi connectivity index (χ2n) is 3.08. The van der Waals surface area contributed by atoms with Gasteiger partial charge in [0, 0.05) is 11.1 Å². The number of rotatable bonds is 3. The molecule has 0 aliphatic carbocycles. The van der Waals surface area contributed by atoms with Gasteiger partial charge in [-0.25, -0.2) is 4.98 Å². The number of halogens is 1. The van der Waals surface area contributed by atoms with E-state index < -0.39 is 0 Å². The summed E-state index contributed by atoms with van der Waals surface area (Å²) in [6.07, 6.45) is 1.84. The molecule has 1 aromatic heterocycles. The van der Waals surface area contributed by atoms with E-state index in [2.05, 4.69) is 4.98 Å². The maximum absolute atomic E-state index is 5.95. The summed E-state index contributed by atoms with van der Waals surface area (Å²) in [5, 5.41) is 1.60. The van der Waals surface area contributed by atoms with Gasteiger partial charge in [0.15, 0.2) is 0 Å². The van der Waals surface area contributed by atoms with Crippen molar-refractivity contribution >= 4 is 22.9 Å². The van der Waals surface area contributed by atoms with Gasteiger partial charge in [-0.05, 0) is 19.1 Å². The smallest absolute Gasteiger partial charge is 0.140 e. The molecule has 0 radical (unpaired) electrons. The fraction of sp³-hybridized carbons (Fsp3) is 0.182. The van der Waals surface area contributed by atoms with Crippen LogP contribution in [-0.4, -0.2) is 4.98 Å². The minimum absolute atomic E-state index is 0.474. The average molecular weight is 240 g/mol. The standard InChI is InChI=1S/C11H10ClNOS/c1-8-6-13-11(15-8)7-14-10-5-3-2-4-9(10)12/h2-6H,7H2,1H3. The molecule has 4 heteroatoms. The topological polar surface area (TPSA) is 22.1 Å². The number of thiazole rings is 1. The number of benzene rings is 1. The van der Waals surface area contributed by atoms with Crippen molar-refractivity contribution in [2.45, 2.75) is 13.5 Å². The molecule has 1 aromatic carbocycles. The van der Waals surface area contributed by atoms with Crippen LogP contribution in [0.25, 0.3) is 0 Å². The highest BCUT2D eigenvalue weighted by atomic mass is 35.5. The van der Waals surface area contributed by atoms with Crippen LogP contribution in [0.1, 0.15) is 9.88 Å². The molecule has 1 heterocycles. The third-order valence-corrected chi connectivity index (χ3v) is 3.06. The molecule has 0 fully saturated rings. The molecule has 0 atom stereocenters. The molecule has 0 saturated carbocycles. The summed E-state index contributed by atoms with van der Waals surface area (Å²) in [5.74, 6) is 0.701. The summed E-state index contributed by atoms with van der Waals surface area (Å²) in [6.45, 7) is 2.50. The zero-order chi connectivity index (χ0) is 10.7. The van der Waals surface area contributed by atoms with Crippen LogP contribution >= 0.6 is 22.9 Å². The summed E-state index contributed by atoms with van der Waals surface area (Å²) < 4.78 is 5.55. The van der Waals surface area contributed by atoms with E-state index in [-0.39, 0.29) is 0 Å². The highest BCUT2D eigenvalue weighted by molar-refractivity contribution is 7.11. The quantitative estimate of drug-likeness (QED) is 0.815. The molecule has 0 aliphatic rings. The van der Waals surface area contributed by atoms with E-state index >= 15 is 0 Å². The molecular formula is C11H10ClNOS. The van der Waals surface area contributed by atoms with E-state index in [1.54, 1.807) is 11.3 Å². The molecule has 78 valence electrons. The number of para-hydroxylation sites is 1. The molecule has 15 heavy (non-hydrogen) atoms. The number of aryl methyl sites for hydroxylation is 1. The summed E-state index contributed by atoms with van der Waals surface area (Å²) in [4.78, 5) is 5.40. The molecule has 0 unspecified atom stereocenters. The second kappa shape index (κ2) is 4.64. The largest absolute Gasteiger partial charge is 0.485 e. The Kier molecular flexibility index (Phi) is 3.23. The highest BCUT2D eigenvalue weighted by Crippen LogP contribution is 2.24. The Morgan fingerprint density at radius 2 is 2.20 bits per heavy atom. The van der Waals surface area contributed by atoms with Crippen molar-refractivity contribution in [1.29, 1.82) is 0 Å². The maximum atomic E-state index is 5.95. The first-order chi connectivity index (χ1) is 7.25. The number of hydrogen-bond acceptors (Lipinski definition) is 3. The summed E-state index contributed by atoms with van der Waals surface area (Å²) in [6, 6.07) is 7.43. The average Bonchev–Trinajstić information content (AvgIpc) is 2.63. The van der Waals surface area contributed by atoms with Gasteiger partial charge in [-0.1, -0.05) is 23.7 Å². The van der Waals surface area contributed by atoms with Gasteiger partial charge < -0.3 is 4.74 Å². The van der Waals surface area contributed by atoms with Crippen LogP contribution in [0, 0.1) is 6.92 Å². The Balaban J connectivity index is 2.02. The van der Waals surface area contributed by atoms with Crippen molar-refractivity contribution in [2.24, 2.45) is 0 Å². The monoisotopic (exact) mass is 239 g/mol. The van der Waals surface area contributed by atoms with Crippen molar-refractivity contribution in [1.82, 2.24) is 4.98 Å². The number of hydrogen-bond donors (Lipinski definition) is 0. The van der Waals surface area contributed by atoms with Crippen molar-refractivity contribution in [3.8, 4) is 5.75 Å². The predicted molar refractivity (Wildman–Crippen MR) is 62.6 cm³/mol. The van der Waals surface area contributed by atoms with Crippen LogP contribution in [0.2, 0.25) is 5.02 Å². The van der Waals surface area contributed by atoms with Crippen LogP contribution in [0.5, 0.6) is 5.75 Å². The summed E-state index contributed by atoms with van der Waals surface area (Å²) in [7, 11) is 0. The molecule has 0 aliphatic heterocycles. The first kappa shape index (κ1) is 10.5. The Morgan fingerprint density at radius 1 is 1.40 bits per heavy atom. The Bertz CT molecular complexity index is 455. The van der Waals surface area contributed by atoms with Gasteiger partial charge >= 0.3 is 0 Å². The van der Waals surface area contributed by atoms with Crippen LogP contribution in [0.3, 0.4) is 0 Å². The second-order valence-corrected chi connectivity index (χ2v) is 4.81. The van der Waals surface area contributed by atoms with Crippen LogP contribution in [-0.2, 0) is 6.61 Å². The number of nitrogens with zero attached hydrogens (tertiary/aromatic N) is 1. The van der Waals surface area contributed by atoms with E-state index in [1.165, 1.54) is 4.88 Å². The Hall–Kier alpha value is -1.06. The van der Waals surface area contributed by atoms with Crippen LogP contribution < -0.4 is 4.74 Å². The van der Waals surface area contributed by atoms with E-state index in [1.807, 2.05) is 37.4 Å². The molecule has 2 rings (SSSR count). The fourth-order valence-electron chi connectivity index (χ4n) is 1.17.